The van der Waals surface area contributed by atoms with Crippen molar-refractivity contribution in [2.75, 3.05) is 24.9 Å². The molecule has 1 N–H and O–H groups in total. The van der Waals surface area contributed by atoms with Crippen molar-refractivity contribution in [1.82, 2.24) is 4.90 Å². The van der Waals surface area contributed by atoms with Gasteiger partial charge in [0.05, 0.1) is 11.0 Å². The van der Waals surface area contributed by atoms with E-state index in [1.807, 2.05) is 19.9 Å². The molecule has 150 valence electrons. The number of nitrogens with one attached hydrogen (secondary N) is 1. The lowest BCUT2D eigenvalue weighted by atomic mass is 10.1. The summed E-state index contributed by atoms with van der Waals surface area (Å²) < 4.78 is 33.4. The zero-order valence-electron chi connectivity index (χ0n) is 16.4. The molecule has 3 rings (SSSR count). The van der Waals surface area contributed by atoms with Gasteiger partial charge in [-0.25, -0.2) is 8.42 Å². The number of amides is 1. The Morgan fingerprint density at radius 2 is 1.86 bits per heavy atom. The monoisotopic (exact) mass is 402 g/mol. The van der Waals surface area contributed by atoms with Crippen LogP contribution in [0.2, 0.25) is 0 Å². The maximum Gasteiger partial charge on any atom is 0.261 e. The average molecular weight is 403 g/mol. The minimum atomic E-state index is -3.72. The van der Waals surface area contributed by atoms with E-state index in [0.29, 0.717) is 17.8 Å². The van der Waals surface area contributed by atoms with Crippen molar-refractivity contribution >= 4 is 21.6 Å². The molecule has 1 fully saturated rings. The lowest BCUT2D eigenvalue weighted by Gasteiger charge is -2.21. The Morgan fingerprint density at radius 1 is 1.14 bits per heavy atom. The second-order valence-corrected chi connectivity index (χ2v) is 8.93. The second-order valence-electron chi connectivity index (χ2n) is 7.25. The molecular weight excluding hydrogens is 376 g/mol. The first-order valence-corrected chi connectivity index (χ1v) is 10.8. The third kappa shape index (κ3) is 4.72. The molecule has 1 aliphatic heterocycles. The largest absolute Gasteiger partial charge is 0.376 e. The molecule has 1 amide bonds. The molecule has 1 heterocycles. The average Bonchev–Trinajstić information content (AvgIpc) is 3.17. The molecule has 1 saturated heterocycles. The fourth-order valence-corrected chi connectivity index (χ4v) is 4.24. The van der Waals surface area contributed by atoms with Gasteiger partial charge in [-0.2, -0.15) is 0 Å². The summed E-state index contributed by atoms with van der Waals surface area (Å²) in [7, 11) is -1.99. The Bertz CT molecular complexity index is 949. The highest BCUT2D eigenvalue weighted by atomic mass is 32.2. The van der Waals surface area contributed by atoms with Crippen LogP contribution in [-0.4, -0.2) is 45.5 Å². The minimum Gasteiger partial charge on any atom is -0.376 e. The SMILES string of the molecule is Cc1ccc(NS(=O)(=O)c2ccc(C(=O)N(C)CC3CCCO3)cc2)cc1C. The van der Waals surface area contributed by atoms with Gasteiger partial charge in [-0.15, -0.1) is 0 Å². The van der Waals surface area contributed by atoms with Gasteiger partial charge in [-0.1, -0.05) is 6.07 Å². The Kier molecular flexibility index (Phi) is 6.05. The molecule has 0 saturated carbocycles. The maximum absolute atomic E-state index is 12.6. The second kappa shape index (κ2) is 8.32. The molecule has 6 nitrogen and oxygen atoms in total. The van der Waals surface area contributed by atoms with Crippen LogP contribution in [0.4, 0.5) is 5.69 Å². The fourth-order valence-electron chi connectivity index (χ4n) is 3.19. The number of benzene rings is 2. The van der Waals surface area contributed by atoms with Crippen molar-refractivity contribution in [1.29, 1.82) is 0 Å². The van der Waals surface area contributed by atoms with Gasteiger partial charge in [-0.05, 0) is 74.2 Å². The van der Waals surface area contributed by atoms with E-state index >= 15 is 0 Å². The van der Waals surface area contributed by atoms with Crippen LogP contribution in [0.3, 0.4) is 0 Å². The molecule has 0 radical (unpaired) electrons. The van der Waals surface area contributed by atoms with Crippen molar-refractivity contribution in [2.24, 2.45) is 0 Å². The molecular formula is C21H26N2O4S. The third-order valence-electron chi connectivity index (χ3n) is 5.02. The van der Waals surface area contributed by atoms with Gasteiger partial charge in [-0.3, -0.25) is 9.52 Å². The van der Waals surface area contributed by atoms with Crippen molar-refractivity contribution in [2.45, 2.75) is 37.7 Å². The van der Waals surface area contributed by atoms with Crippen LogP contribution in [0.5, 0.6) is 0 Å². The van der Waals surface area contributed by atoms with E-state index in [0.717, 1.165) is 30.6 Å². The molecule has 0 aliphatic carbocycles. The standard InChI is InChI=1S/C21H26N2O4S/c1-15-6-9-18(13-16(15)2)22-28(25,26)20-10-7-17(8-11-20)21(24)23(3)14-19-5-4-12-27-19/h6-11,13,19,22H,4-5,12,14H2,1-3H3. The van der Waals surface area contributed by atoms with Crippen LogP contribution in [0.1, 0.15) is 34.3 Å². The zero-order valence-corrected chi connectivity index (χ0v) is 17.3. The van der Waals surface area contributed by atoms with E-state index < -0.39 is 10.0 Å². The number of ether oxygens (including phenoxy) is 1. The Labute approximate surface area is 166 Å². The molecule has 0 spiro atoms. The lowest BCUT2D eigenvalue weighted by Crippen LogP contribution is -2.34. The predicted molar refractivity (Wildman–Crippen MR) is 109 cm³/mol. The van der Waals surface area contributed by atoms with Gasteiger partial charge in [0, 0.05) is 31.5 Å². The number of anilines is 1. The Hall–Kier alpha value is -2.38. The van der Waals surface area contributed by atoms with E-state index in [2.05, 4.69) is 4.72 Å². The van der Waals surface area contributed by atoms with Crippen LogP contribution in [-0.2, 0) is 14.8 Å². The van der Waals surface area contributed by atoms with Gasteiger partial charge < -0.3 is 9.64 Å². The maximum atomic E-state index is 12.6. The number of rotatable bonds is 6. The van der Waals surface area contributed by atoms with Gasteiger partial charge >= 0.3 is 0 Å². The molecule has 2 aromatic rings. The Morgan fingerprint density at radius 3 is 2.46 bits per heavy atom. The summed E-state index contributed by atoms with van der Waals surface area (Å²) >= 11 is 0. The quantitative estimate of drug-likeness (QED) is 0.804. The number of sulfonamides is 1. The first-order valence-electron chi connectivity index (χ1n) is 9.33. The molecule has 7 heteroatoms. The summed E-state index contributed by atoms with van der Waals surface area (Å²) in [5, 5.41) is 0. The first-order chi connectivity index (χ1) is 13.3. The van der Waals surface area contributed by atoms with Crippen molar-refractivity contribution in [3.8, 4) is 0 Å². The van der Waals surface area contributed by atoms with Crippen molar-refractivity contribution in [3.63, 3.8) is 0 Å². The molecule has 1 aliphatic rings. The highest BCUT2D eigenvalue weighted by Crippen LogP contribution is 2.20. The fraction of sp³-hybridized carbons (Fsp3) is 0.381. The zero-order chi connectivity index (χ0) is 20.3. The molecule has 28 heavy (non-hydrogen) atoms. The molecule has 1 unspecified atom stereocenters. The lowest BCUT2D eigenvalue weighted by molar-refractivity contribution is 0.0587. The summed E-state index contributed by atoms with van der Waals surface area (Å²) in [6, 6.07) is 11.4. The van der Waals surface area contributed by atoms with E-state index in [1.54, 1.807) is 36.2 Å². The molecule has 2 aromatic carbocycles. The summed E-state index contributed by atoms with van der Waals surface area (Å²) in [6.45, 7) is 5.18. The van der Waals surface area contributed by atoms with Crippen LogP contribution in [0, 0.1) is 13.8 Å². The highest BCUT2D eigenvalue weighted by Gasteiger charge is 2.21. The summed E-state index contributed by atoms with van der Waals surface area (Å²) in [4.78, 5) is 14.3. The minimum absolute atomic E-state index is 0.0794. The first kappa shape index (κ1) is 20.4. The van der Waals surface area contributed by atoms with Crippen LogP contribution in [0.25, 0.3) is 0 Å². The van der Waals surface area contributed by atoms with Gasteiger partial charge in [0.25, 0.3) is 15.9 Å². The number of carbonyl (C=O) groups is 1. The van der Waals surface area contributed by atoms with Crippen LogP contribution >= 0.6 is 0 Å². The summed E-state index contributed by atoms with van der Waals surface area (Å²) in [5.74, 6) is -0.151. The molecule has 1 atom stereocenters. The van der Waals surface area contributed by atoms with Crippen molar-refractivity contribution < 1.29 is 17.9 Å². The van der Waals surface area contributed by atoms with E-state index in [1.165, 1.54) is 12.1 Å². The molecule has 0 bridgehead atoms. The highest BCUT2D eigenvalue weighted by molar-refractivity contribution is 7.92. The van der Waals surface area contributed by atoms with E-state index in [9.17, 15) is 13.2 Å². The number of carbonyl (C=O) groups excluding carboxylic acids is 1. The van der Waals surface area contributed by atoms with Crippen LogP contribution < -0.4 is 4.72 Å². The number of nitrogens with zero attached hydrogens (tertiary/aromatic N) is 1. The van der Waals surface area contributed by atoms with Crippen LogP contribution in [0.15, 0.2) is 47.4 Å². The summed E-state index contributed by atoms with van der Waals surface area (Å²) in [5.41, 5.74) is 3.07. The summed E-state index contributed by atoms with van der Waals surface area (Å²) in [6.07, 6.45) is 2.06. The van der Waals surface area contributed by atoms with Crippen molar-refractivity contribution in [3.05, 3.63) is 59.2 Å². The van der Waals surface area contributed by atoms with E-state index in [4.69, 9.17) is 4.74 Å². The van der Waals surface area contributed by atoms with Gasteiger partial charge in [0.1, 0.15) is 0 Å². The smallest absolute Gasteiger partial charge is 0.261 e. The molecule has 0 aromatic heterocycles. The Balaban J connectivity index is 1.69. The normalized spacial score (nSPS) is 16.8. The predicted octanol–water partition coefficient (Wildman–Crippen LogP) is 3.36. The van der Waals surface area contributed by atoms with Gasteiger partial charge in [0.2, 0.25) is 0 Å². The topological polar surface area (TPSA) is 75.7 Å². The van der Waals surface area contributed by atoms with Gasteiger partial charge in [0.15, 0.2) is 0 Å². The van der Waals surface area contributed by atoms with E-state index in [-0.39, 0.29) is 16.9 Å². The third-order valence-corrected chi connectivity index (χ3v) is 6.42. The number of hydrogen-bond donors (Lipinski definition) is 1. The number of likely N-dealkylation sites (N-methyl/N-ethyl adjacent to an activating group) is 1. The number of aryl methyl sites for hydroxylation is 2. The number of hydrogen-bond acceptors (Lipinski definition) is 4.